The van der Waals surface area contributed by atoms with E-state index in [1.165, 1.54) is 109 Å². The zero-order valence-electron chi connectivity index (χ0n) is 24.5. The maximum Gasteiger partial charge on any atom is 0.359 e. The summed E-state index contributed by atoms with van der Waals surface area (Å²) in [6.07, 6.45) is 25.1. The number of carbonyl (C=O) groups excluding carboxylic acids is 1. The van der Waals surface area contributed by atoms with Gasteiger partial charge in [-0.25, -0.2) is 9.78 Å². The smallest absolute Gasteiger partial charge is 0.359 e. The molecule has 1 heterocycles. The number of aryl methyl sites for hydroxylation is 1. The molecule has 214 valence electrons. The van der Waals surface area contributed by atoms with Crippen molar-refractivity contribution < 1.29 is 9.53 Å². The number of nitrogens with zero attached hydrogens (tertiary/aromatic N) is 1. The third-order valence-electron chi connectivity index (χ3n) is 10.6. The fourth-order valence-corrected chi connectivity index (χ4v) is 8.13. The van der Waals surface area contributed by atoms with E-state index in [0.29, 0.717) is 23.6 Å². The Morgan fingerprint density at radius 1 is 0.949 bits per heavy atom. The van der Waals surface area contributed by atoms with E-state index >= 15 is 0 Å². The molecule has 0 radical (unpaired) electrons. The van der Waals surface area contributed by atoms with Gasteiger partial charge in [-0.1, -0.05) is 82.2 Å². The summed E-state index contributed by atoms with van der Waals surface area (Å²) < 4.78 is 5.77. The third kappa shape index (κ3) is 7.35. The van der Waals surface area contributed by atoms with Crippen LogP contribution in [0.5, 0.6) is 0 Å². The summed E-state index contributed by atoms with van der Waals surface area (Å²) in [5, 5.41) is 0. The van der Waals surface area contributed by atoms with E-state index in [1.807, 2.05) is 30.3 Å². The second kappa shape index (κ2) is 14.0. The minimum atomic E-state index is -0.271. The number of imidazole rings is 1. The van der Waals surface area contributed by atoms with Gasteiger partial charge in [-0.2, -0.15) is 0 Å². The molecule has 0 aliphatic heterocycles. The first-order valence-corrected chi connectivity index (χ1v) is 16.5. The monoisotopic (exact) mass is 532 g/mol. The Morgan fingerprint density at radius 2 is 1.67 bits per heavy atom. The number of aromatic amines is 1. The van der Waals surface area contributed by atoms with E-state index in [-0.39, 0.29) is 5.97 Å². The average molecular weight is 533 g/mol. The molecule has 4 heteroatoms. The van der Waals surface area contributed by atoms with Gasteiger partial charge in [-0.3, -0.25) is 0 Å². The van der Waals surface area contributed by atoms with Crippen LogP contribution in [-0.4, -0.2) is 15.9 Å². The van der Waals surface area contributed by atoms with Gasteiger partial charge in [0.1, 0.15) is 12.4 Å². The first-order valence-electron chi connectivity index (χ1n) is 16.5. The number of hydrogen-bond donors (Lipinski definition) is 1. The molecule has 6 rings (SSSR count). The molecule has 4 aliphatic rings. The average Bonchev–Trinajstić information content (AvgIpc) is 3.43. The molecule has 2 aromatic rings. The highest BCUT2D eigenvalue weighted by Crippen LogP contribution is 2.56. The third-order valence-corrected chi connectivity index (χ3v) is 10.6. The number of rotatable bonds is 14. The Morgan fingerprint density at radius 3 is 2.38 bits per heavy atom. The Balaban J connectivity index is 1.26. The molecular weight excluding hydrogens is 480 g/mol. The molecule has 0 spiro atoms. The largest absolute Gasteiger partial charge is 0.456 e. The summed E-state index contributed by atoms with van der Waals surface area (Å²) in [6, 6.07) is 9.97. The Hall–Kier alpha value is -2.10. The number of nitrogens with one attached hydrogen (secondary N) is 1. The van der Waals surface area contributed by atoms with Crippen molar-refractivity contribution in [3.63, 3.8) is 0 Å². The molecule has 4 fully saturated rings. The normalized spacial score (nSPS) is 24.1. The molecule has 1 aromatic heterocycles. The van der Waals surface area contributed by atoms with Crippen molar-refractivity contribution >= 4 is 5.97 Å². The summed E-state index contributed by atoms with van der Waals surface area (Å²) in [7, 11) is 0. The number of hydrogen-bond acceptors (Lipinski definition) is 3. The van der Waals surface area contributed by atoms with E-state index in [1.54, 1.807) is 0 Å². The van der Waals surface area contributed by atoms with Crippen LogP contribution in [0.4, 0.5) is 0 Å². The van der Waals surface area contributed by atoms with Crippen LogP contribution in [0.1, 0.15) is 156 Å². The lowest BCUT2D eigenvalue weighted by Gasteiger charge is -2.51. The van der Waals surface area contributed by atoms with Crippen LogP contribution in [-0.2, 0) is 17.8 Å². The minimum Gasteiger partial charge on any atom is -0.456 e. The lowest BCUT2D eigenvalue weighted by Crippen LogP contribution is -2.40. The van der Waals surface area contributed by atoms with Crippen LogP contribution in [0, 0.1) is 17.3 Å². The van der Waals surface area contributed by atoms with Gasteiger partial charge in [0.15, 0.2) is 5.69 Å². The van der Waals surface area contributed by atoms with Crippen molar-refractivity contribution in [2.75, 3.05) is 0 Å². The molecule has 1 N–H and O–H groups in total. The van der Waals surface area contributed by atoms with Crippen LogP contribution in [0.15, 0.2) is 30.3 Å². The molecule has 4 aliphatic carbocycles. The van der Waals surface area contributed by atoms with Crippen molar-refractivity contribution in [1.29, 1.82) is 0 Å². The number of fused-ring (bicyclic) bond motifs is 3. The number of carbonyl (C=O) groups is 1. The predicted octanol–water partition coefficient (Wildman–Crippen LogP) is 9.69. The second-order valence-corrected chi connectivity index (χ2v) is 13.1. The van der Waals surface area contributed by atoms with Crippen molar-refractivity contribution in [1.82, 2.24) is 9.97 Å². The van der Waals surface area contributed by atoms with E-state index in [0.717, 1.165) is 41.8 Å². The van der Waals surface area contributed by atoms with E-state index in [2.05, 4.69) is 11.9 Å². The highest BCUT2D eigenvalue weighted by atomic mass is 16.5. The summed E-state index contributed by atoms with van der Waals surface area (Å²) in [4.78, 5) is 21.9. The maximum absolute atomic E-state index is 13.3. The van der Waals surface area contributed by atoms with Gasteiger partial charge < -0.3 is 9.72 Å². The minimum absolute atomic E-state index is 0.271. The number of esters is 1. The van der Waals surface area contributed by atoms with Crippen LogP contribution < -0.4 is 0 Å². The summed E-state index contributed by atoms with van der Waals surface area (Å²) in [6.45, 7) is 2.61. The Labute approximate surface area is 237 Å². The quantitative estimate of drug-likeness (QED) is 0.195. The topological polar surface area (TPSA) is 55.0 Å². The van der Waals surface area contributed by atoms with Gasteiger partial charge in [-0.05, 0) is 99.9 Å². The first-order chi connectivity index (χ1) is 19.2. The molecule has 2 bridgehead atoms. The van der Waals surface area contributed by atoms with E-state index in [9.17, 15) is 4.79 Å². The second-order valence-electron chi connectivity index (χ2n) is 13.1. The standard InChI is InChI=1S/C35H52N2O2/c1-2-3-4-11-17-30(35-23-20-27(21-24-35)22-25-35)18-12-19-31-32(34(38)39-26-28-13-7-5-8-14-28)37-33(36-31)29-15-9-6-10-16-29/h5,7-8,13-14,27,29-30H,2-4,6,9-12,15-26H2,1H3,(H,36,37). The zero-order valence-corrected chi connectivity index (χ0v) is 24.5. The lowest BCUT2D eigenvalue weighted by atomic mass is 9.54. The van der Waals surface area contributed by atoms with Gasteiger partial charge in [0.05, 0.1) is 0 Å². The van der Waals surface area contributed by atoms with Crippen LogP contribution in [0.2, 0.25) is 0 Å². The highest BCUT2D eigenvalue weighted by Gasteiger charge is 2.44. The van der Waals surface area contributed by atoms with Crippen molar-refractivity contribution in [2.45, 2.75) is 141 Å². The number of ether oxygens (including phenoxy) is 1. The van der Waals surface area contributed by atoms with Gasteiger partial charge in [0, 0.05) is 11.6 Å². The maximum atomic E-state index is 13.3. The van der Waals surface area contributed by atoms with Gasteiger partial charge >= 0.3 is 5.97 Å². The fourth-order valence-electron chi connectivity index (χ4n) is 8.13. The molecule has 39 heavy (non-hydrogen) atoms. The van der Waals surface area contributed by atoms with Gasteiger partial charge in [0.25, 0.3) is 0 Å². The van der Waals surface area contributed by atoms with Crippen molar-refractivity contribution in [2.24, 2.45) is 17.3 Å². The number of benzene rings is 1. The van der Waals surface area contributed by atoms with Crippen LogP contribution >= 0.6 is 0 Å². The number of H-pyrrole nitrogens is 1. The van der Waals surface area contributed by atoms with E-state index in [4.69, 9.17) is 9.72 Å². The van der Waals surface area contributed by atoms with Gasteiger partial charge in [0.2, 0.25) is 0 Å². The summed E-state index contributed by atoms with van der Waals surface area (Å²) in [5.74, 6) is 3.06. The highest BCUT2D eigenvalue weighted by molar-refractivity contribution is 5.88. The molecule has 4 nitrogen and oxygen atoms in total. The van der Waals surface area contributed by atoms with Crippen LogP contribution in [0.3, 0.4) is 0 Å². The molecule has 1 unspecified atom stereocenters. The Kier molecular flexibility index (Phi) is 10.2. The van der Waals surface area contributed by atoms with Gasteiger partial charge in [-0.15, -0.1) is 0 Å². The Bertz CT molecular complexity index is 1000. The number of unbranched alkanes of at least 4 members (excludes halogenated alkanes) is 3. The number of aromatic nitrogens is 2. The van der Waals surface area contributed by atoms with Crippen LogP contribution in [0.25, 0.3) is 0 Å². The molecule has 0 amide bonds. The summed E-state index contributed by atoms with van der Waals surface area (Å²) >= 11 is 0. The predicted molar refractivity (Wildman–Crippen MR) is 159 cm³/mol. The summed E-state index contributed by atoms with van der Waals surface area (Å²) in [5.41, 5.74) is 3.17. The zero-order chi connectivity index (χ0) is 26.9. The first kappa shape index (κ1) is 28.4. The van der Waals surface area contributed by atoms with E-state index < -0.39 is 0 Å². The molecule has 1 atom stereocenters. The molecule has 4 saturated carbocycles. The van der Waals surface area contributed by atoms with Crippen molar-refractivity contribution in [3.8, 4) is 0 Å². The molecule has 1 aromatic carbocycles. The fraction of sp³-hybridized carbons (Fsp3) is 0.714. The SMILES string of the molecule is CCCCCCC(CCCc1[nH]c(C2CCCCC2)nc1C(=O)OCc1ccccc1)C12CCC(CC1)CC2. The molecular formula is C35H52N2O2. The molecule has 0 saturated heterocycles. The van der Waals surface area contributed by atoms with Crippen molar-refractivity contribution in [3.05, 3.63) is 53.1 Å². The lowest BCUT2D eigenvalue weighted by molar-refractivity contribution is -0.00160.